The highest BCUT2D eigenvalue weighted by molar-refractivity contribution is 5.36. The van der Waals surface area contributed by atoms with Crippen molar-refractivity contribution in [1.82, 2.24) is 14.8 Å². The molecule has 1 heterocycles. The van der Waals surface area contributed by atoms with Gasteiger partial charge in [-0.05, 0) is 37.1 Å². The van der Waals surface area contributed by atoms with Crippen molar-refractivity contribution in [2.75, 3.05) is 6.61 Å². The number of allylic oxidation sites excluding steroid dienone is 1. The number of nitrogens with zero attached hydrogens (tertiary/aromatic N) is 3. The van der Waals surface area contributed by atoms with Crippen LogP contribution in [0.15, 0.2) is 49.6 Å². The van der Waals surface area contributed by atoms with Crippen LogP contribution in [0, 0.1) is 0 Å². The number of unbranched alkanes of at least 4 members (excludes halogenated alkanes) is 1. The summed E-state index contributed by atoms with van der Waals surface area (Å²) in [5, 5.41) is 4.06. The summed E-state index contributed by atoms with van der Waals surface area (Å²) < 4.78 is 7.30. The molecule has 0 amide bonds. The Morgan fingerprint density at radius 3 is 2.76 bits per heavy atom. The summed E-state index contributed by atoms with van der Waals surface area (Å²) in [4.78, 5) is 3.90. The fraction of sp³-hybridized carbons (Fsp3) is 0.231. The molecular weight excluding hydrogens is 214 g/mol. The van der Waals surface area contributed by atoms with E-state index in [0.717, 1.165) is 24.3 Å². The molecule has 0 saturated heterocycles. The summed E-state index contributed by atoms with van der Waals surface area (Å²) in [6.07, 6.45) is 7.06. The summed E-state index contributed by atoms with van der Waals surface area (Å²) in [6, 6.07) is 7.78. The zero-order valence-electron chi connectivity index (χ0n) is 9.62. The Morgan fingerprint density at radius 2 is 2.12 bits per heavy atom. The van der Waals surface area contributed by atoms with Crippen molar-refractivity contribution in [2.24, 2.45) is 0 Å². The highest BCUT2D eigenvalue weighted by atomic mass is 16.5. The molecule has 1 aromatic carbocycles. The number of ether oxygens (including phenoxy) is 1. The minimum absolute atomic E-state index is 0.717. The van der Waals surface area contributed by atoms with E-state index in [1.807, 2.05) is 30.3 Å². The molecule has 0 aliphatic heterocycles. The Balaban J connectivity index is 1.92. The summed E-state index contributed by atoms with van der Waals surface area (Å²) in [7, 11) is 0. The summed E-state index contributed by atoms with van der Waals surface area (Å²) in [6.45, 7) is 4.39. The van der Waals surface area contributed by atoms with E-state index in [1.54, 1.807) is 11.0 Å². The van der Waals surface area contributed by atoms with E-state index in [9.17, 15) is 0 Å². The second-order valence-electron chi connectivity index (χ2n) is 3.61. The molecule has 0 fully saturated rings. The number of hydrogen-bond acceptors (Lipinski definition) is 3. The van der Waals surface area contributed by atoms with Gasteiger partial charge in [0.15, 0.2) is 0 Å². The van der Waals surface area contributed by atoms with E-state index in [2.05, 4.69) is 16.7 Å². The van der Waals surface area contributed by atoms with E-state index in [1.165, 1.54) is 6.33 Å². The Hall–Kier alpha value is -2.10. The van der Waals surface area contributed by atoms with Gasteiger partial charge >= 0.3 is 0 Å². The molecule has 0 N–H and O–H groups in total. The second-order valence-corrected chi connectivity index (χ2v) is 3.61. The van der Waals surface area contributed by atoms with Crippen LogP contribution in [0.1, 0.15) is 12.8 Å². The molecule has 2 rings (SSSR count). The minimum atomic E-state index is 0.717. The lowest BCUT2D eigenvalue weighted by Crippen LogP contribution is -1.98. The fourth-order valence-corrected chi connectivity index (χ4v) is 1.45. The van der Waals surface area contributed by atoms with Crippen LogP contribution in [0.2, 0.25) is 0 Å². The van der Waals surface area contributed by atoms with Crippen molar-refractivity contribution in [1.29, 1.82) is 0 Å². The van der Waals surface area contributed by atoms with Gasteiger partial charge in [-0.2, -0.15) is 5.10 Å². The number of aromatic nitrogens is 3. The summed E-state index contributed by atoms with van der Waals surface area (Å²) in [5.41, 5.74) is 0.973. The predicted molar refractivity (Wildman–Crippen MR) is 66.3 cm³/mol. The van der Waals surface area contributed by atoms with Gasteiger partial charge in [0, 0.05) is 0 Å². The van der Waals surface area contributed by atoms with Crippen molar-refractivity contribution in [3.05, 3.63) is 49.6 Å². The second kappa shape index (κ2) is 5.84. The first-order valence-electron chi connectivity index (χ1n) is 5.59. The lowest BCUT2D eigenvalue weighted by Gasteiger charge is -2.06. The molecular formula is C13H15N3O. The maximum atomic E-state index is 5.59. The third kappa shape index (κ3) is 3.17. The van der Waals surface area contributed by atoms with E-state index >= 15 is 0 Å². The van der Waals surface area contributed by atoms with Gasteiger partial charge in [-0.25, -0.2) is 9.67 Å². The molecule has 0 aliphatic rings. The first kappa shape index (κ1) is 11.4. The molecule has 0 saturated carbocycles. The molecule has 0 radical (unpaired) electrons. The van der Waals surface area contributed by atoms with Crippen LogP contribution in [0.5, 0.6) is 5.75 Å². The quantitative estimate of drug-likeness (QED) is 0.564. The monoisotopic (exact) mass is 229 g/mol. The average molecular weight is 229 g/mol. The molecule has 0 aliphatic carbocycles. The van der Waals surface area contributed by atoms with Gasteiger partial charge in [0.2, 0.25) is 0 Å². The smallest absolute Gasteiger partial charge is 0.138 e. The predicted octanol–water partition coefficient (Wildman–Crippen LogP) is 2.61. The zero-order valence-corrected chi connectivity index (χ0v) is 9.62. The molecule has 4 heteroatoms. The topological polar surface area (TPSA) is 39.9 Å². The molecule has 0 atom stereocenters. The Kier molecular flexibility index (Phi) is 3.91. The lowest BCUT2D eigenvalue weighted by molar-refractivity contribution is 0.312. The summed E-state index contributed by atoms with van der Waals surface area (Å²) >= 11 is 0. The SMILES string of the molecule is C=CCCCOc1ccc(-n2cncn2)cc1. The third-order valence-electron chi connectivity index (χ3n) is 2.34. The maximum absolute atomic E-state index is 5.59. The molecule has 0 spiro atoms. The van der Waals surface area contributed by atoms with Crippen molar-refractivity contribution in [3.63, 3.8) is 0 Å². The van der Waals surface area contributed by atoms with Crippen LogP contribution >= 0.6 is 0 Å². The van der Waals surface area contributed by atoms with E-state index < -0.39 is 0 Å². The Labute approximate surface area is 101 Å². The van der Waals surface area contributed by atoms with Crippen molar-refractivity contribution in [2.45, 2.75) is 12.8 Å². The largest absolute Gasteiger partial charge is 0.494 e. The highest BCUT2D eigenvalue weighted by Gasteiger charge is 1.97. The Morgan fingerprint density at radius 1 is 1.29 bits per heavy atom. The van der Waals surface area contributed by atoms with Crippen molar-refractivity contribution in [3.8, 4) is 11.4 Å². The number of benzene rings is 1. The van der Waals surface area contributed by atoms with Gasteiger partial charge < -0.3 is 4.74 Å². The molecule has 0 bridgehead atoms. The van der Waals surface area contributed by atoms with E-state index in [4.69, 9.17) is 4.74 Å². The molecule has 4 nitrogen and oxygen atoms in total. The first-order chi connectivity index (χ1) is 8.40. The van der Waals surface area contributed by atoms with Gasteiger partial charge in [-0.15, -0.1) is 6.58 Å². The Bertz CT molecular complexity index is 448. The van der Waals surface area contributed by atoms with Crippen molar-refractivity contribution >= 4 is 0 Å². The van der Waals surface area contributed by atoms with Gasteiger partial charge in [-0.3, -0.25) is 0 Å². The molecule has 1 aromatic heterocycles. The van der Waals surface area contributed by atoms with Crippen LogP contribution in [-0.4, -0.2) is 21.4 Å². The van der Waals surface area contributed by atoms with E-state index in [0.29, 0.717) is 6.61 Å². The van der Waals surface area contributed by atoms with E-state index in [-0.39, 0.29) is 0 Å². The zero-order chi connectivity index (χ0) is 11.9. The number of hydrogen-bond donors (Lipinski definition) is 0. The third-order valence-corrected chi connectivity index (χ3v) is 2.34. The van der Waals surface area contributed by atoms with Gasteiger partial charge in [0.1, 0.15) is 18.4 Å². The first-order valence-corrected chi connectivity index (χ1v) is 5.59. The molecule has 2 aromatic rings. The highest BCUT2D eigenvalue weighted by Crippen LogP contribution is 2.14. The molecule has 88 valence electrons. The van der Waals surface area contributed by atoms with Gasteiger partial charge in [0.05, 0.1) is 12.3 Å². The standard InChI is InChI=1S/C13H15N3O/c1-2-3-4-9-17-13-7-5-12(6-8-13)16-11-14-10-15-16/h2,5-8,10-11H,1,3-4,9H2. The van der Waals surface area contributed by atoms with Crippen LogP contribution in [0.3, 0.4) is 0 Å². The van der Waals surface area contributed by atoms with Crippen molar-refractivity contribution < 1.29 is 4.74 Å². The summed E-state index contributed by atoms with van der Waals surface area (Å²) in [5.74, 6) is 0.873. The molecule has 17 heavy (non-hydrogen) atoms. The van der Waals surface area contributed by atoms with Crippen LogP contribution < -0.4 is 4.74 Å². The van der Waals surface area contributed by atoms with Crippen LogP contribution in [0.25, 0.3) is 5.69 Å². The van der Waals surface area contributed by atoms with Gasteiger partial charge in [-0.1, -0.05) is 6.08 Å². The van der Waals surface area contributed by atoms with Crippen LogP contribution in [-0.2, 0) is 0 Å². The lowest BCUT2D eigenvalue weighted by atomic mass is 10.3. The average Bonchev–Trinajstić information content (AvgIpc) is 2.89. The molecule has 0 unspecified atom stereocenters. The number of rotatable bonds is 6. The fourth-order valence-electron chi connectivity index (χ4n) is 1.45. The van der Waals surface area contributed by atoms with Gasteiger partial charge in [0.25, 0.3) is 0 Å². The minimum Gasteiger partial charge on any atom is -0.494 e. The maximum Gasteiger partial charge on any atom is 0.138 e. The normalized spacial score (nSPS) is 10.1. The van der Waals surface area contributed by atoms with Crippen LogP contribution in [0.4, 0.5) is 0 Å².